The largest absolute Gasteiger partial charge is 0.379 e. The van der Waals surface area contributed by atoms with Crippen LogP contribution in [-0.2, 0) is 6.54 Å². The molecule has 0 unspecified atom stereocenters. The molecular formula is C15H18ClN3OS. The zero-order valence-corrected chi connectivity index (χ0v) is 13.7. The standard InChI is InChI=1S/C15H18ClN3OS/c1-3-19(4-2)15(20)11-6-5-7-12(8-11)17-10-14-18-9-13(16)21-14/h5-9,17H,3-4,10H2,1-2H3. The van der Waals surface area contributed by atoms with Crippen LogP contribution >= 0.6 is 22.9 Å². The first kappa shape index (κ1) is 15.8. The minimum absolute atomic E-state index is 0.0564. The molecule has 1 N–H and O–H groups in total. The maximum atomic E-state index is 12.3. The Balaban J connectivity index is 2.05. The molecule has 0 saturated heterocycles. The minimum atomic E-state index is 0.0564. The van der Waals surface area contributed by atoms with Crippen LogP contribution in [0.1, 0.15) is 29.2 Å². The van der Waals surface area contributed by atoms with Gasteiger partial charge in [0, 0.05) is 24.3 Å². The molecule has 6 heteroatoms. The lowest BCUT2D eigenvalue weighted by Crippen LogP contribution is -2.30. The topological polar surface area (TPSA) is 45.2 Å². The van der Waals surface area contributed by atoms with E-state index in [9.17, 15) is 4.79 Å². The van der Waals surface area contributed by atoms with Crippen molar-refractivity contribution >= 4 is 34.5 Å². The number of amides is 1. The van der Waals surface area contributed by atoms with E-state index in [4.69, 9.17) is 11.6 Å². The van der Waals surface area contributed by atoms with E-state index in [-0.39, 0.29) is 5.91 Å². The third-order valence-electron chi connectivity index (χ3n) is 3.13. The maximum Gasteiger partial charge on any atom is 0.253 e. The monoisotopic (exact) mass is 323 g/mol. The molecule has 0 bridgehead atoms. The fourth-order valence-corrected chi connectivity index (χ4v) is 2.90. The Morgan fingerprint density at radius 3 is 2.76 bits per heavy atom. The lowest BCUT2D eigenvalue weighted by atomic mass is 10.1. The second-order valence-corrected chi connectivity index (χ2v) is 6.22. The lowest BCUT2D eigenvalue weighted by molar-refractivity contribution is 0.0773. The van der Waals surface area contributed by atoms with Gasteiger partial charge in [0.1, 0.15) is 9.34 Å². The smallest absolute Gasteiger partial charge is 0.253 e. The average molecular weight is 324 g/mol. The third-order valence-corrected chi connectivity index (χ3v) is 4.24. The van der Waals surface area contributed by atoms with Gasteiger partial charge in [-0.1, -0.05) is 17.7 Å². The summed E-state index contributed by atoms with van der Waals surface area (Å²) in [6.07, 6.45) is 1.64. The molecule has 0 radical (unpaired) electrons. The van der Waals surface area contributed by atoms with Crippen molar-refractivity contribution in [3.63, 3.8) is 0 Å². The van der Waals surface area contributed by atoms with Crippen LogP contribution in [0.2, 0.25) is 4.34 Å². The molecule has 0 spiro atoms. The van der Waals surface area contributed by atoms with Crippen LogP contribution in [0.4, 0.5) is 5.69 Å². The molecule has 0 fully saturated rings. The summed E-state index contributed by atoms with van der Waals surface area (Å²) < 4.78 is 0.678. The van der Waals surface area contributed by atoms with E-state index in [1.165, 1.54) is 11.3 Å². The number of nitrogens with one attached hydrogen (secondary N) is 1. The van der Waals surface area contributed by atoms with Crippen LogP contribution in [0.5, 0.6) is 0 Å². The number of aromatic nitrogens is 1. The Morgan fingerprint density at radius 2 is 2.14 bits per heavy atom. The zero-order chi connectivity index (χ0) is 15.2. The summed E-state index contributed by atoms with van der Waals surface area (Å²) in [4.78, 5) is 18.3. The normalized spacial score (nSPS) is 10.4. The minimum Gasteiger partial charge on any atom is -0.379 e. The van der Waals surface area contributed by atoms with Crippen LogP contribution < -0.4 is 5.32 Å². The Bertz CT molecular complexity index is 610. The van der Waals surface area contributed by atoms with Crippen LogP contribution in [0.3, 0.4) is 0 Å². The second kappa shape index (κ2) is 7.43. The SMILES string of the molecule is CCN(CC)C(=O)c1cccc(NCc2ncc(Cl)s2)c1. The third kappa shape index (κ3) is 4.19. The van der Waals surface area contributed by atoms with E-state index in [1.54, 1.807) is 11.1 Å². The molecule has 0 aliphatic rings. The molecule has 2 aromatic rings. The first-order chi connectivity index (χ1) is 10.1. The van der Waals surface area contributed by atoms with Gasteiger partial charge >= 0.3 is 0 Å². The fourth-order valence-electron chi connectivity index (χ4n) is 2.00. The van der Waals surface area contributed by atoms with E-state index >= 15 is 0 Å². The van der Waals surface area contributed by atoms with Gasteiger partial charge in [-0.15, -0.1) is 11.3 Å². The number of halogens is 1. The molecule has 2 rings (SSSR count). The van der Waals surface area contributed by atoms with Gasteiger partial charge in [0.2, 0.25) is 0 Å². The van der Waals surface area contributed by atoms with E-state index in [0.29, 0.717) is 29.5 Å². The number of hydrogen-bond donors (Lipinski definition) is 1. The average Bonchev–Trinajstić information content (AvgIpc) is 2.92. The number of hydrogen-bond acceptors (Lipinski definition) is 4. The van der Waals surface area contributed by atoms with Crippen molar-refractivity contribution in [2.75, 3.05) is 18.4 Å². The van der Waals surface area contributed by atoms with Crippen molar-refractivity contribution in [2.24, 2.45) is 0 Å². The van der Waals surface area contributed by atoms with Crippen LogP contribution in [0, 0.1) is 0 Å². The number of carbonyl (C=O) groups is 1. The quantitative estimate of drug-likeness (QED) is 0.877. The molecule has 1 aromatic carbocycles. The van der Waals surface area contributed by atoms with Crippen molar-refractivity contribution in [3.8, 4) is 0 Å². The zero-order valence-electron chi connectivity index (χ0n) is 12.1. The lowest BCUT2D eigenvalue weighted by Gasteiger charge is -2.19. The van der Waals surface area contributed by atoms with Crippen LogP contribution in [-0.4, -0.2) is 28.9 Å². The van der Waals surface area contributed by atoms with Crippen molar-refractivity contribution < 1.29 is 4.79 Å². The number of nitrogens with zero attached hydrogens (tertiary/aromatic N) is 2. The van der Waals surface area contributed by atoms with Crippen molar-refractivity contribution in [3.05, 3.63) is 45.4 Å². The molecule has 0 aliphatic heterocycles. The summed E-state index contributed by atoms with van der Waals surface area (Å²) in [5.41, 5.74) is 1.60. The Hall–Kier alpha value is -1.59. The second-order valence-electron chi connectivity index (χ2n) is 4.47. The predicted molar refractivity (Wildman–Crippen MR) is 88.1 cm³/mol. The van der Waals surface area contributed by atoms with Crippen molar-refractivity contribution in [2.45, 2.75) is 20.4 Å². The van der Waals surface area contributed by atoms with E-state index in [2.05, 4.69) is 10.3 Å². The van der Waals surface area contributed by atoms with Gasteiger partial charge in [-0.3, -0.25) is 4.79 Å². The van der Waals surface area contributed by atoms with Crippen molar-refractivity contribution in [1.29, 1.82) is 0 Å². The Morgan fingerprint density at radius 1 is 1.38 bits per heavy atom. The number of benzene rings is 1. The summed E-state index contributed by atoms with van der Waals surface area (Å²) in [5, 5.41) is 4.18. The molecule has 4 nitrogen and oxygen atoms in total. The summed E-state index contributed by atoms with van der Waals surface area (Å²) in [6.45, 7) is 5.99. The van der Waals surface area contributed by atoms with E-state index in [0.717, 1.165) is 10.7 Å². The highest BCUT2D eigenvalue weighted by molar-refractivity contribution is 7.15. The Kier molecular flexibility index (Phi) is 5.59. The number of anilines is 1. The molecule has 0 saturated carbocycles. The molecule has 0 aliphatic carbocycles. The Labute approximate surface area is 133 Å². The highest BCUT2D eigenvalue weighted by Crippen LogP contribution is 2.20. The number of thiazole rings is 1. The molecule has 1 heterocycles. The predicted octanol–water partition coefficient (Wildman–Crippen LogP) is 3.89. The van der Waals surface area contributed by atoms with Crippen molar-refractivity contribution in [1.82, 2.24) is 9.88 Å². The summed E-state index contributed by atoms with van der Waals surface area (Å²) in [5.74, 6) is 0.0564. The fraction of sp³-hybridized carbons (Fsp3) is 0.333. The van der Waals surface area contributed by atoms with Gasteiger partial charge in [0.15, 0.2) is 0 Å². The highest BCUT2D eigenvalue weighted by atomic mass is 35.5. The van der Waals surface area contributed by atoms with Crippen LogP contribution in [0.15, 0.2) is 30.5 Å². The molecule has 21 heavy (non-hydrogen) atoms. The van der Waals surface area contributed by atoms with Gasteiger partial charge in [0.05, 0.1) is 12.7 Å². The molecule has 0 atom stereocenters. The van der Waals surface area contributed by atoms with E-state index in [1.807, 2.05) is 38.1 Å². The van der Waals surface area contributed by atoms with Gasteiger partial charge in [-0.05, 0) is 32.0 Å². The number of carbonyl (C=O) groups excluding carboxylic acids is 1. The van der Waals surface area contributed by atoms with Crippen LogP contribution in [0.25, 0.3) is 0 Å². The van der Waals surface area contributed by atoms with Gasteiger partial charge in [0.25, 0.3) is 5.91 Å². The van der Waals surface area contributed by atoms with E-state index < -0.39 is 0 Å². The number of rotatable bonds is 6. The summed E-state index contributed by atoms with van der Waals surface area (Å²) in [6, 6.07) is 7.53. The first-order valence-corrected chi connectivity index (χ1v) is 8.07. The molecule has 1 amide bonds. The molecule has 1 aromatic heterocycles. The summed E-state index contributed by atoms with van der Waals surface area (Å²) >= 11 is 7.30. The maximum absolute atomic E-state index is 12.3. The molecular weight excluding hydrogens is 306 g/mol. The first-order valence-electron chi connectivity index (χ1n) is 6.87. The van der Waals surface area contributed by atoms with Gasteiger partial charge in [-0.25, -0.2) is 4.98 Å². The van der Waals surface area contributed by atoms with Gasteiger partial charge in [-0.2, -0.15) is 0 Å². The highest BCUT2D eigenvalue weighted by Gasteiger charge is 2.12. The molecule has 112 valence electrons. The van der Waals surface area contributed by atoms with Gasteiger partial charge < -0.3 is 10.2 Å². The summed E-state index contributed by atoms with van der Waals surface area (Å²) in [7, 11) is 0.